The standard InChI is InChI=1S/C17H36N4O.HI/c1-6-18-17(19-14-15(5)20(7-2)8-3)21-12-10-16(11-13-21)22-9-4;/h15-16H,6-14H2,1-5H3,(H,18,19);1H. The van der Waals surface area contributed by atoms with Gasteiger partial charge in [0.05, 0.1) is 12.6 Å². The summed E-state index contributed by atoms with van der Waals surface area (Å²) in [5.41, 5.74) is 0. The summed E-state index contributed by atoms with van der Waals surface area (Å²) in [6.07, 6.45) is 2.63. The summed E-state index contributed by atoms with van der Waals surface area (Å²) in [5.74, 6) is 1.07. The Bertz CT molecular complexity index is 316. The van der Waals surface area contributed by atoms with E-state index in [2.05, 4.69) is 49.7 Å². The second-order valence-electron chi connectivity index (χ2n) is 5.91. The third-order valence-corrected chi connectivity index (χ3v) is 4.42. The molecular weight excluding hydrogens is 403 g/mol. The van der Waals surface area contributed by atoms with Crippen molar-refractivity contribution in [3.63, 3.8) is 0 Å². The summed E-state index contributed by atoms with van der Waals surface area (Å²) >= 11 is 0. The van der Waals surface area contributed by atoms with Crippen molar-refractivity contribution in [2.75, 3.05) is 45.9 Å². The van der Waals surface area contributed by atoms with Gasteiger partial charge in [-0.3, -0.25) is 9.89 Å². The van der Waals surface area contributed by atoms with Crippen LogP contribution in [-0.2, 0) is 4.74 Å². The van der Waals surface area contributed by atoms with Gasteiger partial charge in [0.25, 0.3) is 0 Å². The first-order valence-corrected chi connectivity index (χ1v) is 9.05. The summed E-state index contributed by atoms with van der Waals surface area (Å²) in [4.78, 5) is 9.71. The molecule has 0 bridgehead atoms. The van der Waals surface area contributed by atoms with Gasteiger partial charge in [0, 0.05) is 32.3 Å². The van der Waals surface area contributed by atoms with Crippen molar-refractivity contribution >= 4 is 29.9 Å². The predicted molar refractivity (Wildman–Crippen MR) is 110 cm³/mol. The number of hydrogen-bond donors (Lipinski definition) is 1. The second-order valence-corrected chi connectivity index (χ2v) is 5.91. The van der Waals surface area contributed by atoms with Crippen LogP contribution in [0, 0.1) is 0 Å². The molecule has 0 aliphatic carbocycles. The summed E-state index contributed by atoms with van der Waals surface area (Å²) in [6, 6.07) is 0.490. The van der Waals surface area contributed by atoms with Crippen LogP contribution in [0.4, 0.5) is 0 Å². The van der Waals surface area contributed by atoms with E-state index in [0.717, 1.165) is 64.7 Å². The van der Waals surface area contributed by atoms with Gasteiger partial charge in [-0.15, -0.1) is 24.0 Å². The molecule has 23 heavy (non-hydrogen) atoms. The fourth-order valence-corrected chi connectivity index (χ4v) is 3.08. The molecule has 1 aliphatic rings. The topological polar surface area (TPSA) is 40.1 Å². The highest BCUT2D eigenvalue weighted by atomic mass is 127. The van der Waals surface area contributed by atoms with Crippen molar-refractivity contribution in [1.29, 1.82) is 0 Å². The van der Waals surface area contributed by atoms with E-state index in [0.29, 0.717) is 12.1 Å². The Balaban J connectivity index is 0.00000484. The number of aliphatic imine (C=N–C) groups is 1. The summed E-state index contributed by atoms with van der Waals surface area (Å²) in [7, 11) is 0. The zero-order chi connectivity index (χ0) is 16.4. The fraction of sp³-hybridized carbons (Fsp3) is 0.941. The Labute approximate surface area is 160 Å². The van der Waals surface area contributed by atoms with E-state index in [9.17, 15) is 0 Å². The number of likely N-dealkylation sites (N-methyl/N-ethyl adjacent to an activating group) is 1. The van der Waals surface area contributed by atoms with Crippen LogP contribution in [0.25, 0.3) is 0 Å². The number of hydrogen-bond acceptors (Lipinski definition) is 3. The number of nitrogens with one attached hydrogen (secondary N) is 1. The maximum Gasteiger partial charge on any atom is 0.193 e. The third-order valence-electron chi connectivity index (χ3n) is 4.42. The van der Waals surface area contributed by atoms with Gasteiger partial charge in [-0.2, -0.15) is 0 Å². The minimum Gasteiger partial charge on any atom is -0.378 e. The number of rotatable bonds is 8. The lowest BCUT2D eigenvalue weighted by Crippen LogP contribution is -2.47. The highest BCUT2D eigenvalue weighted by molar-refractivity contribution is 14.0. The maximum atomic E-state index is 5.74. The van der Waals surface area contributed by atoms with Crippen LogP contribution in [0.15, 0.2) is 4.99 Å². The summed E-state index contributed by atoms with van der Waals surface area (Å²) < 4.78 is 5.74. The first kappa shape index (κ1) is 22.9. The van der Waals surface area contributed by atoms with E-state index < -0.39 is 0 Å². The van der Waals surface area contributed by atoms with E-state index >= 15 is 0 Å². The maximum absolute atomic E-state index is 5.74. The molecule has 0 aromatic rings. The Morgan fingerprint density at radius 3 is 2.30 bits per heavy atom. The lowest BCUT2D eigenvalue weighted by Gasteiger charge is -2.34. The van der Waals surface area contributed by atoms with E-state index in [1.807, 2.05) is 0 Å². The van der Waals surface area contributed by atoms with Gasteiger partial charge >= 0.3 is 0 Å². The normalized spacial score (nSPS) is 18.0. The number of halogens is 1. The average Bonchev–Trinajstić information content (AvgIpc) is 2.54. The third kappa shape index (κ3) is 8.03. The van der Waals surface area contributed by atoms with Crippen LogP contribution in [-0.4, -0.2) is 73.8 Å². The van der Waals surface area contributed by atoms with Crippen LogP contribution in [0.5, 0.6) is 0 Å². The largest absolute Gasteiger partial charge is 0.378 e. The van der Waals surface area contributed by atoms with Gasteiger partial charge in [0.2, 0.25) is 0 Å². The van der Waals surface area contributed by atoms with Crippen molar-refractivity contribution in [3.05, 3.63) is 0 Å². The minimum absolute atomic E-state index is 0. The molecule has 0 aromatic carbocycles. The van der Waals surface area contributed by atoms with Crippen LogP contribution in [0.1, 0.15) is 47.5 Å². The van der Waals surface area contributed by atoms with E-state index in [1.165, 1.54) is 0 Å². The average molecular weight is 440 g/mol. The van der Waals surface area contributed by atoms with Crippen molar-refractivity contribution < 1.29 is 4.74 Å². The highest BCUT2D eigenvalue weighted by Crippen LogP contribution is 2.14. The monoisotopic (exact) mass is 440 g/mol. The molecule has 0 saturated carbocycles. The molecule has 1 heterocycles. The Morgan fingerprint density at radius 2 is 1.83 bits per heavy atom. The first-order valence-electron chi connectivity index (χ1n) is 9.05. The molecule has 1 fully saturated rings. The molecule has 1 aliphatic heterocycles. The SMILES string of the molecule is CCNC(=NCC(C)N(CC)CC)N1CCC(OCC)CC1.I. The first-order chi connectivity index (χ1) is 10.7. The van der Waals surface area contributed by atoms with Crippen LogP contribution in [0.3, 0.4) is 0 Å². The smallest absolute Gasteiger partial charge is 0.193 e. The second kappa shape index (κ2) is 13.2. The molecule has 1 atom stereocenters. The van der Waals surface area contributed by atoms with E-state index in [4.69, 9.17) is 9.73 Å². The number of piperidine rings is 1. The van der Waals surface area contributed by atoms with Gasteiger partial charge in [-0.25, -0.2) is 0 Å². The molecule has 138 valence electrons. The number of ether oxygens (including phenoxy) is 1. The van der Waals surface area contributed by atoms with Crippen molar-refractivity contribution in [1.82, 2.24) is 15.1 Å². The van der Waals surface area contributed by atoms with E-state index in [1.54, 1.807) is 0 Å². The number of nitrogens with zero attached hydrogens (tertiary/aromatic N) is 3. The van der Waals surface area contributed by atoms with E-state index in [-0.39, 0.29) is 24.0 Å². The molecule has 1 saturated heterocycles. The summed E-state index contributed by atoms with van der Waals surface area (Å²) in [6.45, 7) is 17.8. The molecule has 6 heteroatoms. The molecule has 1 N–H and O–H groups in total. The Morgan fingerprint density at radius 1 is 1.22 bits per heavy atom. The molecule has 1 rings (SSSR count). The predicted octanol–water partition coefficient (Wildman–Crippen LogP) is 2.80. The van der Waals surface area contributed by atoms with Crippen LogP contribution >= 0.6 is 24.0 Å². The van der Waals surface area contributed by atoms with Crippen molar-refractivity contribution in [2.24, 2.45) is 4.99 Å². The molecule has 0 aromatic heterocycles. The Kier molecular flexibility index (Phi) is 13.2. The Hall–Kier alpha value is -0.0800. The lowest BCUT2D eigenvalue weighted by atomic mass is 10.1. The van der Waals surface area contributed by atoms with Crippen LogP contribution < -0.4 is 5.32 Å². The zero-order valence-electron chi connectivity index (χ0n) is 15.7. The van der Waals surface area contributed by atoms with Gasteiger partial charge < -0.3 is 15.0 Å². The molecular formula is C17H37IN4O. The molecule has 0 radical (unpaired) electrons. The van der Waals surface area contributed by atoms with Gasteiger partial charge in [-0.1, -0.05) is 13.8 Å². The van der Waals surface area contributed by atoms with Crippen molar-refractivity contribution in [3.8, 4) is 0 Å². The number of likely N-dealkylation sites (tertiary alicyclic amines) is 1. The molecule has 5 nitrogen and oxygen atoms in total. The minimum atomic E-state index is 0. The lowest BCUT2D eigenvalue weighted by molar-refractivity contribution is 0.0263. The summed E-state index contributed by atoms with van der Waals surface area (Å²) in [5, 5.41) is 3.45. The molecule has 0 spiro atoms. The van der Waals surface area contributed by atoms with Gasteiger partial charge in [0.1, 0.15) is 0 Å². The highest BCUT2D eigenvalue weighted by Gasteiger charge is 2.21. The van der Waals surface area contributed by atoms with Gasteiger partial charge in [-0.05, 0) is 46.7 Å². The number of guanidine groups is 1. The van der Waals surface area contributed by atoms with Crippen molar-refractivity contribution in [2.45, 2.75) is 59.6 Å². The van der Waals surface area contributed by atoms with Crippen LogP contribution in [0.2, 0.25) is 0 Å². The molecule has 1 unspecified atom stereocenters. The quantitative estimate of drug-likeness (QED) is 0.358. The van der Waals surface area contributed by atoms with Gasteiger partial charge in [0.15, 0.2) is 5.96 Å². The fourth-order valence-electron chi connectivity index (χ4n) is 3.08. The molecule has 0 amide bonds. The zero-order valence-corrected chi connectivity index (χ0v) is 18.0.